The van der Waals surface area contributed by atoms with Crippen LogP contribution in [0.15, 0.2) is 71.4 Å². The largest absolute Gasteiger partial charge is 0.356 e. The molecule has 0 atom stereocenters. The van der Waals surface area contributed by atoms with Gasteiger partial charge < -0.3 is 14.7 Å². The number of benzene rings is 2. The molecule has 1 saturated heterocycles. The van der Waals surface area contributed by atoms with E-state index >= 15 is 0 Å². The maximum absolute atomic E-state index is 12.7. The Bertz CT molecular complexity index is 1310. The van der Waals surface area contributed by atoms with E-state index in [0.717, 1.165) is 48.4 Å². The quantitative estimate of drug-likeness (QED) is 0.397. The van der Waals surface area contributed by atoms with Gasteiger partial charge in [-0.15, -0.1) is 0 Å². The fourth-order valence-corrected chi connectivity index (χ4v) is 4.52. The molecule has 1 amide bonds. The molecule has 2 aromatic carbocycles. The second-order valence-electron chi connectivity index (χ2n) is 8.77. The lowest BCUT2D eigenvalue weighted by atomic mass is 9.95. The molecule has 0 spiro atoms. The highest BCUT2D eigenvalue weighted by Crippen LogP contribution is 2.32. The van der Waals surface area contributed by atoms with Crippen LogP contribution in [0.5, 0.6) is 0 Å². The summed E-state index contributed by atoms with van der Waals surface area (Å²) in [6.07, 6.45) is 3.26. The third kappa shape index (κ3) is 5.35. The first-order valence-electron chi connectivity index (χ1n) is 11.7. The monoisotopic (exact) mass is 487 g/mol. The van der Waals surface area contributed by atoms with Gasteiger partial charge in [-0.25, -0.2) is 4.98 Å². The highest BCUT2D eigenvalue weighted by molar-refractivity contribution is 6.30. The molecule has 1 fully saturated rings. The number of nitrogens with zero attached hydrogens (tertiary/aromatic N) is 4. The molecule has 0 saturated carbocycles. The van der Waals surface area contributed by atoms with Crippen molar-refractivity contribution in [3.8, 4) is 22.8 Å². The van der Waals surface area contributed by atoms with Gasteiger partial charge >= 0.3 is 0 Å². The van der Waals surface area contributed by atoms with Crippen LogP contribution in [-0.2, 0) is 11.3 Å². The number of hydrogen-bond acceptors (Lipinski definition) is 6. The summed E-state index contributed by atoms with van der Waals surface area (Å²) in [5.41, 5.74) is 3.86. The van der Waals surface area contributed by atoms with E-state index in [1.165, 1.54) is 5.56 Å². The Kier molecular flexibility index (Phi) is 6.77. The van der Waals surface area contributed by atoms with Gasteiger partial charge in [0.05, 0.1) is 5.56 Å². The number of halogens is 1. The molecule has 178 valence electrons. The van der Waals surface area contributed by atoms with Gasteiger partial charge in [0.1, 0.15) is 5.82 Å². The zero-order chi connectivity index (χ0) is 24.2. The lowest BCUT2D eigenvalue weighted by Crippen LogP contribution is -2.40. The molecular weight excluding hydrogens is 462 g/mol. The highest BCUT2D eigenvalue weighted by atomic mass is 35.5. The summed E-state index contributed by atoms with van der Waals surface area (Å²) >= 11 is 6.04. The normalized spacial score (nSPS) is 14.2. The van der Waals surface area contributed by atoms with Crippen LogP contribution in [0.1, 0.15) is 24.0 Å². The summed E-state index contributed by atoms with van der Waals surface area (Å²) in [6.45, 7) is 3.96. The molecule has 8 heteroatoms. The Morgan fingerprint density at radius 3 is 2.69 bits per heavy atom. The minimum Gasteiger partial charge on any atom is -0.356 e. The van der Waals surface area contributed by atoms with E-state index < -0.39 is 0 Å². The number of hydrogen-bond donors (Lipinski definition) is 1. The van der Waals surface area contributed by atoms with Gasteiger partial charge in [0.15, 0.2) is 0 Å². The standard InChI is InChI=1S/C27H26ClN5O2/c1-18-7-9-20(10-8-18)24-31-27(35-32-24)23-6-3-13-29-25(23)33-14-11-21(12-15-33)26(34)30-17-19-4-2-5-22(28)16-19/h2-10,13,16,21H,11-12,14-15,17H2,1H3,(H,30,34). The van der Waals surface area contributed by atoms with Crippen LogP contribution >= 0.6 is 11.6 Å². The number of amides is 1. The average Bonchev–Trinajstić information content (AvgIpc) is 3.38. The number of carbonyl (C=O) groups is 1. The second kappa shape index (κ2) is 10.3. The molecule has 0 radical (unpaired) electrons. The van der Waals surface area contributed by atoms with Gasteiger partial charge in [-0.3, -0.25) is 4.79 Å². The van der Waals surface area contributed by atoms with Gasteiger partial charge in [0, 0.05) is 42.3 Å². The molecular formula is C27H26ClN5O2. The first kappa shape index (κ1) is 23.1. The van der Waals surface area contributed by atoms with Crippen LogP contribution in [0.4, 0.5) is 5.82 Å². The summed E-state index contributed by atoms with van der Waals surface area (Å²) in [5, 5.41) is 7.89. The van der Waals surface area contributed by atoms with Gasteiger partial charge in [0.2, 0.25) is 11.7 Å². The predicted octanol–water partition coefficient (Wildman–Crippen LogP) is 5.29. The molecule has 0 aliphatic carbocycles. The van der Waals surface area contributed by atoms with Crippen molar-refractivity contribution in [2.75, 3.05) is 18.0 Å². The van der Waals surface area contributed by atoms with E-state index in [-0.39, 0.29) is 11.8 Å². The Hall–Kier alpha value is -3.71. The topological polar surface area (TPSA) is 84.2 Å². The second-order valence-corrected chi connectivity index (χ2v) is 9.21. The predicted molar refractivity (Wildman–Crippen MR) is 136 cm³/mol. The Labute approximate surface area is 209 Å². The molecule has 1 aliphatic rings. The van der Waals surface area contributed by atoms with E-state index in [0.29, 0.717) is 23.3 Å². The zero-order valence-electron chi connectivity index (χ0n) is 19.4. The van der Waals surface area contributed by atoms with Crippen molar-refractivity contribution < 1.29 is 9.32 Å². The van der Waals surface area contributed by atoms with Crippen LogP contribution in [-0.4, -0.2) is 34.1 Å². The number of aryl methyl sites for hydroxylation is 1. The van der Waals surface area contributed by atoms with E-state index in [2.05, 4.69) is 25.3 Å². The van der Waals surface area contributed by atoms with E-state index in [1.807, 2.05) is 67.6 Å². The Morgan fingerprint density at radius 2 is 1.91 bits per heavy atom. The van der Waals surface area contributed by atoms with E-state index in [9.17, 15) is 4.79 Å². The average molecular weight is 488 g/mol. The van der Waals surface area contributed by atoms with Crippen LogP contribution in [0.3, 0.4) is 0 Å². The Morgan fingerprint density at radius 1 is 1.11 bits per heavy atom. The molecule has 1 N–H and O–H groups in total. The van der Waals surface area contributed by atoms with Crippen LogP contribution in [0, 0.1) is 12.8 Å². The third-order valence-electron chi connectivity index (χ3n) is 6.27. The number of carbonyl (C=O) groups excluding carboxylic acids is 1. The molecule has 0 unspecified atom stereocenters. The fourth-order valence-electron chi connectivity index (χ4n) is 4.30. The molecule has 0 bridgehead atoms. The number of anilines is 1. The van der Waals surface area contributed by atoms with E-state index in [1.54, 1.807) is 6.20 Å². The summed E-state index contributed by atoms with van der Waals surface area (Å²) in [6, 6.07) is 19.4. The lowest BCUT2D eigenvalue weighted by Gasteiger charge is -2.32. The summed E-state index contributed by atoms with van der Waals surface area (Å²) < 4.78 is 5.61. The maximum atomic E-state index is 12.7. The van der Waals surface area contributed by atoms with Crippen LogP contribution in [0.2, 0.25) is 5.02 Å². The van der Waals surface area contributed by atoms with Crippen LogP contribution < -0.4 is 10.2 Å². The van der Waals surface area contributed by atoms with Crippen molar-refractivity contribution in [2.24, 2.45) is 5.92 Å². The first-order chi connectivity index (χ1) is 17.1. The minimum absolute atomic E-state index is 0.0332. The van der Waals surface area contributed by atoms with Gasteiger partial charge in [0.25, 0.3) is 5.89 Å². The smallest absolute Gasteiger partial charge is 0.261 e. The number of aromatic nitrogens is 3. The highest BCUT2D eigenvalue weighted by Gasteiger charge is 2.27. The Balaban J connectivity index is 1.24. The van der Waals surface area contributed by atoms with Crippen molar-refractivity contribution in [2.45, 2.75) is 26.3 Å². The molecule has 2 aromatic heterocycles. The van der Waals surface area contributed by atoms with Crippen molar-refractivity contribution in [1.29, 1.82) is 0 Å². The van der Waals surface area contributed by atoms with Gasteiger partial charge in [-0.05, 0) is 49.6 Å². The molecule has 1 aliphatic heterocycles. The van der Waals surface area contributed by atoms with Crippen molar-refractivity contribution >= 4 is 23.3 Å². The van der Waals surface area contributed by atoms with Gasteiger partial charge in [-0.1, -0.05) is 58.7 Å². The summed E-state index contributed by atoms with van der Waals surface area (Å²) in [7, 11) is 0. The van der Waals surface area contributed by atoms with Crippen LogP contribution in [0.25, 0.3) is 22.8 Å². The zero-order valence-corrected chi connectivity index (χ0v) is 20.2. The SMILES string of the molecule is Cc1ccc(-c2noc(-c3cccnc3N3CCC(C(=O)NCc4cccc(Cl)c4)CC3)n2)cc1. The van der Waals surface area contributed by atoms with Crippen molar-refractivity contribution in [3.05, 3.63) is 83.0 Å². The number of nitrogens with one attached hydrogen (secondary N) is 1. The number of pyridine rings is 1. The summed E-state index contributed by atoms with van der Waals surface area (Å²) in [4.78, 5) is 24.2. The maximum Gasteiger partial charge on any atom is 0.261 e. The third-order valence-corrected chi connectivity index (χ3v) is 6.51. The number of piperidine rings is 1. The minimum atomic E-state index is -0.0332. The van der Waals surface area contributed by atoms with Crippen molar-refractivity contribution in [1.82, 2.24) is 20.4 Å². The van der Waals surface area contributed by atoms with Crippen molar-refractivity contribution in [3.63, 3.8) is 0 Å². The van der Waals surface area contributed by atoms with E-state index in [4.69, 9.17) is 16.1 Å². The summed E-state index contributed by atoms with van der Waals surface area (Å²) in [5.74, 6) is 1.82. The molecule has 3 heterocycles. The molecule has 7 nitrogen and oxygen atoms in total. The van der Waals surface area contributed by atoms with Gasteiger partial charge in [-0.2, -0.15) is 4.98 Å². The first-order valence-corrected chi connectivity index (χ1v) is 12.1. The lowest BCUT2D eigenvalue weighted by molar-refractivity contribution is -0.125. The fraction of sp³-hybridized carbons (Fsp3) is 0.259. The molecule has 5 rings (SSSR count). The molecule has 35 heavy (non-hydrogen) atoms. The molecule has 4 aromatic rings. The number of rotatable bonds is 6.